The minimum atomic E-state index is -0.887. The van der Waals surface area contributed by atoms with Crippen LogP contribution in [0.5, 0.6) is 0 Å². The van der Waals surface area contributed by atoms with Gasteiger partial charge in [-0.1, -0.05) is 0 Å². The van der Waals surface area contributed by atoms with E-state index in [9.17, 15) is 14.4 Å². The van der Waals surface area contributed by atoms with Crippen molar-refractivity contribution >= 4 is 24.6 Å². The van der Waals surface area contributed by atoms with Crippen LogP contribution in [0.4, 0.5) is 17.8 Å². The maximum Gasteiger partial charge on any atom is 0.336 e. The number of aromatic nitrogens is 6. The highest BCUT2D eigenvalue weighted by atomic mass is 16.3. The molecule has 2 aromatic heterocycles. The first-order valence-electron chi connectivity index (χ1n) is 7.85. The molecule has 0 aliphatic carbocycles. The predicted octanol–water partition coefficient (Wildman–Crippen LogP) is -5.42. The normalized spacial score (nSPS) is 9.76. The molecule has 0 unspecified atom stereocenters. The molecule has 0 atom stereocenters. The fraction of sp³-hybridized carbons (Fsp3) is 0.462. The summed E-state index contributed by atoms with van der Waals surface area (Å²) in [5.41, 5.74) is 12.8. The molecule has 0 aromatic carbocycles. The summed E-state index contributed by atoms with van der Waals surface area (Å²) in [5.74, 6) is 0.125. The SMILES string of the molecule is C=O.Nc1nc(N)nc(N)n1.O=c1n(CCO)c(=O)n(CCO)c(=O)n1CCO. The van der Waals surface area contributed by atoms with Crippen molar-refractivity contribution in [2.45, 2.75) is 19.6 Å². The molecule has 2 heterocycles. The summed E-state index contributed by atoms with van der Waals surface area (Å²) in [7, 11) is 0. The molecule has 0 spiro atoms. The highest BCUT2D eigenvalue weighted by molar-refractivity contribution is 5.33. The number of rotatable bonds is 6. The van der Waals surface area contributed by atoms with Crippen LogP contribution in [0.1, 0.15) is 0 Å². The summed E-state index contributed by atoms with van der Waals surface area (Å²) in [6, 6.07) is 0. The number of aliphatic hydroxyl groups excluding tert-OH is 3. The number of carbonyl (C=O) groups excluding carboxylic acids is 1. The van der Waals surface area contributed by atoms with E-state index in [1.807, 2.05) is 6.79 Å². The first kappa shape index (κ1) is 25.4. The Morgan fingerprint density at radius 2 is 0.828 bits per heavy atom. The van der Waals surface area contributed by atoms with E-state index in [4.69, 9.17) is 37.3 Å². The van der Waals surface area contributed by atoms with E-state index in [0.717, 1.165) is 0 Å². The quantitative estimate of drug-likeness (QED) is 0.256. The number of carbonyl (C=O) groups is 1. The van der Waals surface area contributed by atoms with Gasteiger partial charge in [0.05, 0.1) is 39.5 Å². The Balaban J connectivity index is 0.000000595. The first-order chi connectivity index (χ1) is 13.8. The smallest absolute Gasteiger partial charge is 0.336 e. The van der Waals surface area contributed by atoms with E-state index in [-0.39, 0.29) is 37.5 Å². The Morgan fingerprint density at radius 1 is 0.621 bits per heavy atom. The van der Waals surface area contributed by atoms with Crippen LogP contribution < -0.4 is 34.3 Å². The lowest BCUT2D eigenvalue weighted by Crippen LogP contribution is -2.55. The summed E-state index contributed by atoms with van der Waals surface area (Å²) in [4.78, 5) is 53.8. The average Bonchev–Trinajstić information content (AvgIpc) is 2.67. The van der Waals surface area contributed by atoms with Crippen LogP contribution in [-0.4, -0.2) is 70.6 Å². The Kier molecular flexibility index (Phi) is 11.1. The molecule has 29 heavy (non-hydrogen) atoms. The molecule has 0 bridgehead atoms. The number of nitrogens with two attached hydrogens (primary N) is 3. The first-order valence-corrected chi connectivity index (χ1v) is 7.85. The molecule has 0 amide bonds. The molecule has 2 aromatic rings. The number of nitrogens with zero attached hydrogens (tertiary/aromatic N) is 6. The molecule has 0 aliphatic heterocycles. The van der Waals surface area contributed by atoms with Gasteiger partial charge in [-0.15, -0.1) is 0 Å². The molecule has 0 aliphatic rings. The van der Waals surface area contributed by atoms with Crippen LogP contribution >= 0.6 is 0 Å². The molecule has 16 nitrogen and oxygen atoms in total. The third-order valence-electron chi connectivity index (χ3n) is 3.04. The van der Waals surface area contributed by atoms with Crippen LogP contribution in [0.3, 0.4) is 0 Å². The van der Waals surface area contributed by atoms with Gasteiger partial charge in [0.15, 0.2) is 0 Å². The van der Waals surface area contributed by atoms with Crippen LogP contribution in [0.2, 0.25) is 0 Å². The maximum atomic E-state index is 11.8. The van der Waals surface area contributed by atoms with Gasteiger partial charge in [-0.25, -0.2) is 28.1 Å². The average molecular weight is 417 g/mol. The molecule has 2 rings (SSSR count). The molecule has 0 saturated carbocycles. The van der Waals surface area contributed by atoms with Crippen molar-refractivity contribution in [1.82, 2.24) is 28.7 Å². The van der Waals surface area contributed by atoms with Crippen LogP contribution in [0, 0.1) is 0 Å². The number of nitrogen functional groups attached to an aromatic ring is 3. The molecule has 0 fully saturated rings. The second-order valence-corrected chi connectivity index (χ2v) is 4.88. The van der Waals surface area contributed by atoms with Crippen molar-refractivity contribution in [2.24, 2.45) is 0 Å². The van der Waals surface area contributed by atoms with E-state index in [2.05, 4.69) is 15.0 Å². The number of hydrogen-bond acceptors (Lipinski definition) is 13. The van der Waals surface area contributed by atoms with Crippen molar-refractivity contribution in [3.8, 4) is 0 Å². The topological polar surface area (TPSA) is 260 Å². The standard InChI is InChI=1S/C9H15N3O6.C3H6N6.CH2O/c13-4-1-10-7(16)11(2-5-14)9(18)12(3-6-15)8(10)17;4-1-7-2(5)9-3(6)8-1;1-2/h13-15H,1-6H2;(H6,4,5,6,7,8,9);1H2. The van der Waals surface area contributed by atoms with Gasteiger partial charge in [0.1, 0.15) is 6.79 Å². The molecule has 162 valence electrons. The lowest BCUT2D eigenvalue weighted by molar-refractivity contribution is -0.0980. The van der Waals surface area contributed by atoms with E-state index in [1.165, 1.54) is 0 Å². The van der Waals surface area contributed by atoms with E-state index in [0.29, 0.717) is 13.7 Å². The fourth-order valence-electron chi connectivity index (χ4n) is 1.98. The minimum absolute atomic E-state index is 0.0417. The zero-order chi connectivity index (χ0) is 22.6. The van der Waals surface area contributed by atoms with Gasteiger partial charge in [-0.05, 0) is 0 Å². The van der Waals surface area contributed by atoms with Crippen molar-refractivity contribution in [3.05, 3.63) is 31.5 Å². The Bertz CT molecular complexity index is 791. The highest BCUT2D eigenvalue weighted by Crippen LogP contribution is 1.97. The lowest BCUT2D eigenvalue weighted by Gasteiger charge is -2.11. The van der Waals surface area contributed by atoms with E-state index >= 15 is 0 Å². The minimum Gasteiger partial charge on any atom is -0.395 e. The van der Waals surface area contributed by atoms with Gasteiger partial charge >= 0.3 is 17.1 Å². The van der Waals surface area contributed by atoms with Crippen LogP contribution in [0.25, 0.3) is 0 Å². The van der Waals surface area contributed by atoms with Crippen LogP contribution in [-0.2, 0) is 24.4 Å². The Labute approximate surface area is 162 Å². The largest absolute Gasteiger partial charge is 0.395 e. The summed E-state index contributed by atoms with van der Waals surface area (Å²) in [6.07, 6.45) is 0. The number of anilines is 3. The molecule has 16 heteroatoms. The van der Waals surface area contributed by atoms with Gasteiger partial charge < -0.3 is 37.3 Å². The van der Waals surface area contributed by atoms with Crippen molar-refractivity contribution < 1.29 is 20.1 Å². The fourth-order valence-corrected chi connectivity index (χ4v) is 1.98. The summed E-state index contributed by atoms with van der Waals surface area (Å²) >= 11 is 0. The van der Waals surface area contributed by atoms with Gasteiger partial charge in [-0.2, -0.15) is 15.0 Å². The molecule has 0 saturated heterocycles. The molecular weight excluding hydrogens is 394 g/mol. The summed E-state index contributed by atoms with van der Waals surface area (Å²) in [6.45, 7) is -0.0821. The summed E-state index contributed by atoms with van der Waals surface area (Å²) in [5, 5.41) is 26.4. The third kappa shape index (κ3) is 7.13. The van der Waals surface area contributed by atoms with E-state index in [1.54, 1.807) is 0 Å². The van der Waals surface area contributed by atoms with Crippen LogP contribution in [0.15, 0.2) is 14.4 Å². The van der Waals surface area contributed by atoms with Crippen molar-refractivity contribution in [2.75, 3.05) is 37.0 Å². The Morgan fingerprint density at radius 3 is 1.00 bits per heavy atom. The molecule has 9 N–H and O–H groups in total. The van der Waals surface area contributed by atoms with Gasteiger partial charge in [0.2, 0.25) is 17.8 Å². The van der Waals surface area contributed by atoms with E-state index < -0.39 is 36.9 Å². The molecule has 0 radical (unpaired) electrons. The van der Waals surface area contributed by atoms with Crippen molar-refractivity contribution in [1.29, 1.82) is 0 Å². The number of aliphatic hydroxyl groups is 3. The zero-order valence-corrected chi connectivity index (χ0v) is 15.3. The van der Waals surface area contributed by atoms with Gasteiger partial charge in [0, 0.05) is 0 Å². The Hall–Kier alpha value is -3.63. The molecular formula is C13H23N9O7. The van der Waals surface area contributed by atoms with Gasteiger partial charge in [0.25, 0.3) is 0 Å². The second kappa shape index (κ2) is 12.7. The third-order valence-corrected chi connectivity index (χ3v) is 3.04. The summed E-state index contributed by atoms with van der Waals surface area (Å²) < 4.78 is 2.06. The predicted molar refractivity (Wildman–Crippen MR) is 101 cm³/mol. The van der Waals surface area contributed by atoms with Crippen molar-refractivity contribution in [3.63, 3.8) is 0 Å². The number of hydrogen-bond donors (Lipinski definition) is 6. The lowest BCUT2D eigenvalue weighted by atomic mass is 10.6. The maximum absolute atomic E-state index is 11.8. The second-order valence-electron chi connectivity index (χ2n) is 4.88. The van der Waals surface area contributed by atoms with Gasteiger partial charge in [-0.3, -0.25) is 0 Å². The highest BCUT2D eigenvalue weighted by Gasteiger charge is 2.14. The monoisotopic (exact) mass is 417 g/mol. The zero-order valence-electron chi connectivity index (χ0n) is 15.3.